The molecule has 0 radical (unpaired) electrons. The van der Waals surface area contributed by atoms with Crippen molar-refractivity contribution in [2.75, 3.05) is 26.3 Å². The maximum absolute atomic E-state index is 13.5. The number of oxime groups is 1. The van der Waals surface area contributed by atoms with Crippen LogP contribution in [0.25, 0.3) is 0 Å². The molecule has 4 N–H and O–H groups in total. The third kappa shape index (κ3) is 8.58. The van der Waals surface area contributed by atoms with Gasteiger partial charge in [-0.2, -0.15) is 0 Å². The van der Waals surface area contributed by atoms with E-state index in [0.29, 0.717) is 43.7 Å². The fourth-order valence-corrected chi connectivity index (χ4v) is 3.97. The van der Waals surface area contributed by atoms with Gasteiger partial charge in [0.05, 0.1) is 18.9 Å². The first-order valence-corrected chi connectivity index (χ1v) is 12.0. The first-order chi connectivity index (χ1) is 17.9. The largest absolute Gasteiger partial charge is 0.508 e. The molecule has 1 aliphatic rings. The fraction of sp³-hybridized carbons (Fsp3) is 0.385. The number of amides is 2. The highest BCUT2D eigenvalue weighted by Crippen LogP contribution is 2.18. The van der Waals surface area contributed by atoms with Gasteiger partial charge >= 0.3 is 5.97 Å². The highest BCUT2D eigenvalue weighted by atomic mass is 16.7. The van der Waals surface area contributed by atoms with Crippen molar-refractivity contribution in [3.63, 3.8) is 0 Å². The van der Waals surface area contributed by atoms with Gasteiger partial charge in [0.1, 0.15) is 18.4 Å². The van der Waals surface area contributed by atoms with E-state index in [1.54, 1.807) is 48.2 Å². The lowest BCUT2D eigenvalue weighted by molar-refractivity contribution is -0.152. The molecule has 3 rings (SSSR count). The van der Waals surface area contributed by atoms with E-state index < -0.39 is 17.9 Å². The zero-order valence-electron chi connectivity index (χ0n) is 20.7. The molecular weight excluding hydrogens is 480 g/mol. The molecule has 0 unspecified atom stereocenters. The van der Waals surface area contributed by atoms with Crippen molar-refractivity contribution in [1.29, 1.82) is 0 Å². The maximum atomic E-state index is 13.5. The summed E-state index contributed by atoms with van der Waals surface area (Å²) in [5.41, 5.74) is 1.85. The number of likely N-dealkylation sites (tertiary alicyclic amines) is 1. The smallest absolute Gasteiger partial charge is 0.332 e. The quantitative estimate of drug-likeness (QED) is 0.233. The summed E-state index contributed by atoms with van der Waals surface area (Å²) in [6.45, 7) is 2.79. The van der Waals surface area contributed by atoms with Crippen molar-refractivity contribution in [1.82, 2.24) is 10.2 Å². The summed E-state index contributed by atoms with van der Waals surface area (Å²) in [4.78, 5) is 43.9. The lowest BCUT2D eigenvalue weighted by Gasteiger charge is -2.34. The summed E-state index contributed by atoms with van der Waals surface area (Å²) in [5.74, 6) is 3.97. The van der Waals surface area contributed by atoms with E-state index >= 15 is 0 Å². The summed E-state index contributed by atoms with van der Waals surface area (Å²) in [6.07, 6.45) is 2.65. The van der Waals surface area contributed by atoms with Crippen molar-refractivity contribution >= 4 is 24.0 Å². The van der Waals surface area contributed by atoms with Gasteiger partial charge in [-0.25, -0.2) is 4.79 Å². The number of ether oxygens (including phenoxy) is 2. The maximum Gasteiger partial charge on any atom is 0.332 e. The monoisotopic (exact) mass is 512 g/mol. The third-order valence-corrected chi connectivity index (χ3v) is 5.91. The molecule has 11 nitrogen and oxygen atoms in total. The molecule has 1 atom stereocenters. The number of nitrogens with zero attached hydrogens (tertiary/aromatic N) is 2. The van der Waals surface area contributed by atoms with Gasteiger partial charge in [-0.05, 0) is 55.2 Å². The normalized spacial score (nSPS) is 14.8. The molecule has 1 saturated heterocycles. The molecular formula is C26H32N4O7. The summed E-state index contributed by atoms with van der Waals surface area (Å²) < 4.78 is 10.5. The number of carbonyl (C=O) groups excluding carboxylic acids is 3. The second kappa shape index (κ2) is 14.0. The van der Waals surface area contributed by atoms with Gasteiger partial charge in [0.15, 0.2) is 0 Å². The van der Waals surface area contributed by atoms with E-state index in [1.165, 1.54) is 18.3 Å². The fourth-order valence-electron chi connectivity index (χ4n) is 3.97. The van der Waals surface area contributed by atoms with Crippen LogP contribution in [0.5, 0.6) is 5.75 Å². The van der Waals surface area contributed by atoms with Gasteiger partial charge in [0.25, 0.3) is 5.91 Å². The van der Waals surface area contributed by atoms with Crippen LogP contribution < -0.4 is 11.2 Å². The Balaban J connectivity index is 1.65. The van der Waals surface area contributed by atoms with Crippen LogP contribution in [0, 0.1) is 0 Å². The highest BCUT2D eigenvalue weighted by molar-refractivity contribution is 5.98. The van der Waals surface area contributed by atoms with Gasteiger partial charge in [-0.1, -0.05) is 29.4 Å². The van der Waals surface area contributed by atoms with Crippen LogP contribution in [0.15, 0.2) is 53.7 Å². The first kappa shape index (κ1) is 27.6. The molecule has 2 aromatic carbocycles. The summed E-state index contributed by atoms with van der Waals surface area (Å²) >= 11 is 0. The molecule has 198 valence electrons. The second-order valence-electron chi connectivity index (χ2n) is 8.50. The van der Waals surface area contributed by atoms with E-state index in [9.17, 15) is 19.5 Å². The van der Waals surface area contributed by atoms with E-state index in [-0.39, 0.29) is 30.8 Å². The van der Waals surface area contributed by atoms with Crippen LogP contribution in [0.3, 0.4) is 0 Å². The number of hydrogen-bond acceptors (Lipinski definition) is 9. The lowest BCUT2D eigenvalue weighted by atomic mass is 10.0. The first-order valence-electron chi connectivity index (χ1n) is 12.0. The Labute approximate surface area is 215 Å². The minimum Gasteiger partial charge on any atom is -0.508 e. The Hall–Kier alpha value is -3.96. The number of phenols is 1. The van der Waals surface area contributed by atoms with E-state index in [2.05, 4.69) is 15.4 Å². The molecule has 2 aromatic rings. The second-order valence-corrected chi connectivity index (χ2v) is 8.50. The summed E-state index contributed by atoms with van der Waals surface area (Å²) in [5, 5.41) is 15.9. The molecule has 1 aliphatic heterocycles. The minimum absolute atomic E-state index is 0.115. The number of hydrogen-bond donors (Lipinski definition) is 3. The SMILES string of the molecule is CCOC(=O)COC1CCN(C(=O)[C@H](Cc2ccc(O)cc2)NC(=O)c2ccc(C=NON)cc2)CC1. The zero-order chi connectivity index (χ0) is 26.6. The van der Waals surface area contributed by atoms with Gasteiger partial charge in [-0.15, -0.1) is 5.90 Å². The number of piperidine rings is 1. The van der Waals surface area contributed by atoms with Crippen molar-refractivity contribution < 1.29 is 33.9 Å². The Morgan fingerprint density at radius 3 is 2.43 bits per heavy atom. The number of aromatic hydroxyl groups is 1. The van der Waals surface area contributed by atoms with Crippen LogP contribution >= 0.6 is 0 Å². The molecule has 1 heterocycles. The zero-order valence-corrected chi connectivity index (χ0v) is 20.7. The molecule has 0 bridgehead atoms. The van der Waals surface area contributed by atoms with Crippen LogP contribution in [0.2, 0.25) is 0 Å². The van der Waals surface area contributed by atoms with Crippen molar-refractivity contribution in [2.45, 2.75) is 38.3 Å². The number of benzene rings is 2. The lowest BCUT2D eigenvalue weighted by Crippen LogP contribution is -2.52. The van der Waals surface area contributed by atoms with Gasteiger partial charge in [-0.3, -0.25) is 9.59 Å². The summed E-state index contributed by atoms with van der Waals surface area (Å²) in [7, 11) is 0. The number of phenolic OH excluding ortho intramolecular Hbond substituents is 1. The number of esters is 1. The number of carbonyl (C=O) groups is 3. The molecule has 11 heteroatoms. The predicted octanol–water partition coefficient (Wildman–Crippen LogP) is 1.53. The molecule has 0 aromatic heterocycles. The van der Waals surface area contributed by atoms with Crippen LogP contribution in [0.1, 0.15) is 41.3 Å². The average Bonchev–Trinajstić information content (AvgIpc) is 2.92. The minimum atomic E-state index is -0.819. The molecule has 2 amide bonds. The third-order valence-electron chi connectivity index (χ3n) is 5.91. The Kier molecular flexibility index (Phi) is 10.4. The van der Waals surface area contributed by atoms with Gasteiger partial charge in [0.2, 0.25) is 5.91 Å². The number of rotatable bonds is 11. The molecule has 37 heavy (non-hydrogen) atoms. The van der Waals surface area contributed by atoms with Gasteiger partial charge in [0, 0.05) is 25.1 Å². The average molecular weight is 513 g/mol. The van der Waals surface area contributed by atoms with E-state index in [4.69, 9.17) is 15.4 Å². The Morgan fingerprint density at radius 1 is 1.14 bits per heavy atom. The van der Waals surface area contributed by atoms with E-state index in [1.807, 2.05) is 0 Å². The molecule has 0 spiro atoms. The Morgan fingerprint density at radius 2 is 1.81 bits per heavy atom. The topological polar surface area (TPSA) is 153 Å². The van der Waals surface area contributed by atoms with Crippen molar-refractivity contribution in [2.24, 2.45) is 11.1 Å². The van der Waals surface area contributed by atoms with Crippen LogP contribution in [-0.4, -0.2) is 72.5 Å². The van der Waals surface area contributed by atoms with Gasteiger partial charge < -0.3 is 29.7 Å². The Bertz CT molecular complexity index is 1070. The summed E-state index contributed by atoms with van der Waals surface area (Å²) in [6, 6.07) is 12.3. The number of nitrogens with one attached hydrogen (secondary N) is 1. The van der Waals surface area contributed by atoms with E-state index in [0.717, 1.165) is 5.56 Å². The van der Waals surface area contributed by atoms with Crippen LogP contribution in [0.4, 0.5) is 0 Å². The predicted molar refractivity (Wildman–Crippen MR) is 135 cm³/mol. The molecule has 0 aliphatic carbocycles. The number of nitrogens with two attached hydrogens (primary N) is 1. The highest BCUT2D eigenvalue weighted by Gasteiger charge is 2.30. The molecule has 1 fully saturated rings. The molecule has 0 saturated carbocycles. The van der Waals surface area contributed by atoms with Crippen LogP contribution in [-0.2, 0) is 30.4 Å². The standard InChI is InChI=1S/C26H32N4O7/c1-2-35-24(32)17-36-22-11-13-30(14-12-22)26(34)23(15-18-5-9-21(31)10-6-18)29-25(33)20-7-3-19(4-8-20)16-28-37-27/h3-10,16,22-23,31H,2,11-15,17,27H2,1H3,(H,29,33)/t23-/m0/s1. The van der Waals surface area contributed by atoms with Crippen molar-refractivity contribution in [3.8, 4) is 5.75 Å². The van der Waals surface area contributed by atoms with Crippen molar-refractivity contribution in [3.05, 3.63) is 65.2 Å².